The van der Waals surface area contributed by atoms with E-state index >= 15 is 0 Å². The summed E-state index contributed by atoms with van der Waals surface area (Å²) in [5, 5.41) is 9.54. The first-order chi connectivity index (χ1) is 13.1. The van der Waals surface area contributed by atoms with E-state index in [-0.39, 0.29) is 12.0 Å². The number of aryl methyl sites for hydroxylation is 1. The Morgan fingerprint density at radius 2 is 1.93 bits per heavy atom. The molecule has 1 aromatic carbocycles. The SMILES string of the molecule is COc1cccc(OC)c1C(c1ncccc1C)N1CCCC(C(=O)O)C1. The number of carbonyl (C=O) groups is 1. The maximum atomic E-state index is 11.6. The first-order valence-corrected chi connectivity index (χ1v) is 9.16. The average molecular weight is 370 g/mol. The predicted octanol–water partition coefficient (Wildman–Crippen LogP) is 3.29. The number of nitrogens with zero attached hydrogens (tertiary/aromatic N) is 2. The van der Waals surface area contributed by atoms with Crippen molar-refractivity contribution in [3.05, 3.63) is 53.3 Å². The number of rotatable bonds is 6. The number of aromatic nitrogens is 1. The highest BCUT2D eigenvalue weighted by molar-refractivity contribution is 5.70. The monoisotopic (exact) mass is 370 g/mol. The lowest BCUT2D eigenvalue weighted by Gasteiger charge is -2.38. The fourth-order valence-electron chi connectivity index (χ4n) is 3.87. The lowest BCUT2D eigenvalue weighted by molar-refractivity contribution is -0.143. The number of aliphatic carboxylic acids is 1. The van der Waals surface area contributed by atoms with Crippen LogP contribution in [-0.2, 0) is 4.79 Å². The van der Waals surface area contributed by atoms with E-state index in [0.717, 1.165) is 29.8 Å². The largest absolute Gasteiger partial charge is 0.496 e. The second-order valence-electron chi connectivity index (χ2n) is 6.86. The van der Waals surface area contributed by atoms with Crippen molar-refractivity contribution in [1.82, 2.24) is 9.88 Å². The van der Waals surface area contributed by atoms with Crippen molar-refractivity contribution in [1.29, 1.82) is 0 Å². The average Bonchev–Trinajstić information content (AvgIpc) is 2.70. The smallest absolute Gasteiger partial charge is 0.307 e. The van der Waals surface area contributed by atoms with Gasteiger partial charge in [-0.15, -0.1) is 0 Å². The quantitative estimate of drug-likeness (QED) is 0.841. The highest BCUT2D eigenvalue weighted by Crippen LogP contribution is 2.42. The van der Waals surface area contributed by atoms with E-state index in [9.17, 15) is 9.90 Å². The second-order valence-corrected chi connectivity index (χ2v) is 6.86. The summed E-state index contributed by atoms with van der Waals surface area (Å²) < 4.78 is 11.3. The summed E-state index contributed by atoms with van der Waals surface area (Å²) in [6, 6.07) is 9.39. The fourth-order valence-corrected chi connectivity index (χ4v) is 3.87. The number of ether oxygens (including phenoxy) is 2. The van der Waals surface area contributed by atoms with Crippen molar-refractivity contribution in [2.45, 2.75) is 25.8 Å². The molecule has 0 radical (unpaired) electrons. The third kappa shape index (κ3) is 3.90. The van der Waals surface area contributed by atoms with Gasteiger partial charge in [-0.1, -0.05) is 12.1 Å². The molecule has 0 spiro atoms. The number of piperidine rings is 1. The summed E-state index contributed by atoms with van der Waals surface area (Å²) in [7, 11) is 3.27. The van der Waals surface area contributed by atoms with Crippen LogP contribution in [0.5, 0.6) is 11.5 Å². The third-order valence-electron chi connectivity index (χ3n) is 5.22. The molecule has 3 rings (SSSR count). The van der Waals surface area contributed by atoms with Gasteiger partial charge in [-0.25, -0.2) is 0 Å². The lowest BCUT2D eigenvalue weighted by Crippen LogP contribution is -2.42. The van der Waals surface area contributed by atoms with Gasteiger partial charge in [0.15, 0.2) is 0 Å². The van der Waals surface area contributed by atoms with E-state index in [1.807, 2.05) is 37.3 Å². The number of benzene rings is 1. The zero-order valence-electron chi connectivity index (χ0n) is 16.0. The minimum absolute atomic E-state index is 0.237. The number of hydrogen-bond donors (Lipinski definition) is 1. The van der Waals surface area contributed by atoms with Crippen LogP contribution in [0.3, 0.4) is 0 Å². The van der Waals surface area contributed by atoms with Crippen LogP contribution in [0.15, 0.2) is 36.5 Å². The summed E-state index contributed by atoms with van der Waals surface area (Å²) in [5.74, 6) is 0.290. The minimum Gasteiger partial charge on any atom is -0.496 e. The van der Waals surface area contributed by atoms with E-state index in [0.29, 0.717) is 24.5 Å². The highest BCUT2D eigenvalue weighted by Gasteiger charge is 2.35. The Morgan fingerprint density at radius 3 is 2.52 bits per heavy atom. The molecule has 0 aliphatic carbocycles. The van der Waals surface area contributed by atoms with Gasteiger partial charge in [0.1, 0.15) is 11.5 Å². The standard InChI is InChI=1S/C21H26N2O4/c1-14-7-5-11-22-19(14)20(23-12-6-8-15(13-23)21(24)25)18-16(26-2)9-4-10-17(18)27-3/h4-5,7,9-11,15,20H,6,8,12-13H2,1-3H3,(H,24,25). The maximum absolute atomic E-state index is 11.6. The number of pyridine rings is 1. The van der Waals surface area contributed by atoms with Crippen LogP contribution in [0, 0.1) is 12.8 Å². The molecule has 1 aliphatic rings. The topological polar surface area (TPSA) is 71.9 Å². The molecule has 1 fully saturated rings. The van der Waals surface area contributed by atoms with Gasteiger partial charge in [-0.3, -0.25) is 14.7 Å². The van der Waals surface area contributed by atoms with Crippen LogP contribution in [-0.4, -0.2) is 48.3 Å². The summed E-state index contributed by atoms with van der Waals surface area (Å²) in [6.07, 6.45) is 3.30. The van der Waals surface area contributed by atoms with Crippen molar-refractivity contribution in [3.8, 4) is 11.5 Å². The Hall–Kier alpha value is -2.60. The zero-order valence-corrected chi connectivity index (χ0v) is 16.0. The normalized spacial score (nSPS) is 18.7. The van der Waals surface area contributed by atoms with Gasteiger partial charge in [-0.2, -0.15) is 0 Å². The summed E-state index contributed by atoms with van der Waals surface area (Å²) in [5.41, 5.74) is 2.83. The number of methoxy groups -OCH3 is 2. The molecule has 2 unspecified atom stereocenters. The van der Waals surface area contributed by atoms with Gasteiger partial charge in [0.2, 0.25) is 0 Å². The van der Waals surface area contributed by atoms with Crippen molar-refractivity contribution >= 4 is 5.97 Å². The number of carboxylic acids is 1. The molecular formula is C21H26N2O4. The van der Waals surface area contributed by atoms with E-state index < -0.39 is 5.97 Å². The molecular weight excluding hydrogens is 344 g/mol. The van der Waals surface area contributed by atoms with Gasteiger partial charge in [0.05, 0.1) is 37.4 Å². The molecule has 0 saturated carbocycles. The molecule has 1 saturated heterocycles. The number of carboxylic acid groups (broad SMARTS) is 1. The van der Waals surface area contributed by atoms with Gasteiger partial charge < -0.3 is 14.6 Å². The third-order valence-corrected chi connectivity index (χ3v) is 5.22. The molecule has 1 aliphatic heterocycles. The van der Waals surface area contributed by atoms with Crippen molar-refractivity contribution in [2.75, 3.05) is 27.3 Å². The van der Waals surface area contributed by atoms with Crippen LogP contribution in [0.1, 0.15) is 35.7 Å². The predicted molar refractivity (Wildman–Crippen MR) is 102 cm³/mol. The van der Waals surface area contributed by atoms with Crippen molar-refractivity contribution in [3.63, 3.8) is 0 Å². The minimum atomic E-state index is -0.747. The first-order valence-electron chi connectivity index (χ1n) is 9.16. The Bertz CT molecular complexity index is 786. The van der Waals surface area contributed by atoms with Crippen molar-refractivity contribution in [2.24, 2.45) is 5.92 Å². The van der Waals surface area contributed by atoms with E-state index in [2.05, 4.69) is 9.88 Å². The molecule has 6 heteroatoms. The maximum Gasteiger partial charge on any atom is 0.307 e. The lowest BCUT2D eigenvalue weighted by atomic mass is 9.91. The highest BCUT2D eigenvalue weighted by atomic mass is 16.5. The Balaban J connectivity index is 2.15. The molecule has 144 valence electrons. The second kappa shape index (κ2) is 8.39. The van der Waals surface area contributed by atoms with Gasteiger partial charge >= 0.3 is 5.97 Å². The van der Waals surface area contributed by atoms with Crippen LogP contribution >= 0.6 is 0 Å². The summed E-state index contributed by atoms with van der Waals surface area (Å²) in [4.78, 5) is 18.5. The number of hydrogen-bond acceptors (Lipinski definition) is 5. The van der Waals surface area contributed by atoms with Crippen LogP contribution in [0.25, 0.3) is 0 Å². The van der Waals surface area contributed by atoms with Gasteiger partial charge in [0, 0.05) is 12.7 Å². The molecule has 0 amide bonds. The zero-order chi connectivity index (χ0) is 19.4. The van der Waals surface area contributed by atoms with E-state index in [1.165, 1.54) is 0 Å². The Morgan fingerprint density at radius 1 is 1.22 bits per heavy atom. The Kier molecular flexibility index (Phi) is 5.96. The molecule has 2 atom stereocenters. The van der Waals surface area contributed by atoms with Crippen LogP contribution in [0.4, 0.5) is 0 Å². The number of likely N-dealkylation sites (tertiary alicyclic amines) is 1. The van der Waals surface area contributed by atoms with Crippen LogP contribution < -0.4 is 9.47 Å². The van der Waals surface area contributed by atoms with Gasteiger partial charge in [0.25, 0.3) is 0 Å². The molecule has 2 heterocycles. The summed E-state index contributed by atoms with van der Waals surface area (Å²) in [6.45, 7) is 3.29. The van der Waals surface area contributed by atoms with Gasteiger partial charge in [-0.05, 0) is 50.1 Å². The molecule has 0 bridgehead atoms. The fraction of sp³-hybridized carbons (Fsp3) is 0.429. The first kappa shape index (κ1) is 19.2. The molecule has 27 heavy (non-hydrogen) atoms. The van der Waals surface area contributed by atoms with Crippen LogP contribution in [0.2, 0.25) is 0 Å². The molecule has 1 N–H and O–H groups in total. The molecule has 1 aromatic heterocycles. The Labute approximate surface area is 159 Å². The molecule has 6 nitrogen and oxygen atoms in total. The van der Waals surface area contributed by atoms with E-state index in [1.54, 1.807) is 20.4 Å². The summed E-state index contributed by atoms with van der Waals surface area (Å²) >= 11 is 0. The van der Waals surface area contributed by atoms with Crippen molar-refractivity contribution < 1.29 is 19.4 Å². The molecule has 2 aromatic rings. The van der Waals surface area contributed by atoms with E-state index in [4.69, 9.17) is 9.47 Å².